The van der Waals surface area contributed by atoms with Gasteiger partial charge in [0, 0.05) is 35.6 Å². The Bertz CT molecular complexity index is 1020. The number of hydrogen-bond donors (Lipinski definition) is 1. The second kappa shape index (κ2) is 8.52. The Labute approximate surface area is 166 Å². The maximum absolute atomic E-state index is 12.3. The summed E-state index contributed by atoms with van der Waals surface area (Å²) in [7, 11) is 2.11. The van der Waals surface area contributed by atoms with Gasteiger partial charge in [0.1, 0.15) is 5.82 Å². The third kappa shape index (κ3) is 4.57. The highest BCUT2D eigenvalue weighted by molar-refractivity contribution is 5.56. The van der Waals surface area contributed by atoms with Gasteiger partial charge in [-0.2, -0.15) is 5.10 Å². The van der Waals surface area contributed by atoms with Crippen LogP contribution in [0.3, 0.4) is 0 Å². The first-order chi connectivity index (χ1) is 13.4. The van der Waals surface area contributed by atoms with Crippen molar-refractivity contribution in [3.8, 4) is 11.4 Å². The highest BCUT2D eigenvalue weighted by Gasteiger charge is 2.09. The molecule has 0 spiro atoms. The number of H-pyrrole nitrogens is 1. The van der Waals surface area contributed by atoms with Crippen LogP contribution < -0.4 is 5.56 Å². The van der Waals surface area contributed by atoms with Crippen molar-refractivity contribution in [2.75, 3.05) is 13.6 Å². The van der Waals surface area contributed by atoms with Gasteiger partial charge in [-0.15, -0.1) is 0 Å². The number of nitrogens with zero attached hydrogens (tertiary/aromatic N) is 4. The fourth-order valence-corrected chi connectivity index (χ4v) is 3.54. The molecule has 148 valence electrons. The van der Waals surface area contributed by atoms with Crippen molar-refractivity contribution in [1.82, 2.24) is 24.6 Å². The average Bonchev–Trinajstić information content (AvgIpc) is 2.97. The molecule has 6 heteroatoms. The highest BCUT2D eigenvalue weighted by Crippen LogP contribution is 2.17. The molecule has 0 radical (unpaired) electrons. The van der Waals surface area contributed by atoms with Crippen LogP contribution in [0, 0.1) is 20.8 Å². The van der Waals surface area contributed by atoms with E-state index in [2.05, 4.69) is 56.8 Å². The van der Waals surface area contributed by atoms with Crippen molar-refractivity contribution in [3.05, 3.63) is 68.9 Å². The van der Waals surface area contributed by atoms with Gasteiger partial charge in [0.05, 0.1) is 12.2 Å². The lowest BCUT2D eigenvalue weighted by Gasteiger charge is -2.17. The Morgan fingerprint density at radius 1 is 1.18 bits per heavy atom. The number of hydrogen-bond acceptors (Lipinski definition) is 4. The summed E-state index contributed by atoms with van der Waals surface area (Å²) < 4.78 is 2.05. The summed E-state index contributed by atoms with van der Waals surface area (Å²) in [6.45, 7) is 10.6. The number of rotatable bonds is 7. The van der Waals surface area contributed by atoms with Gasteiger partial charge < -0.3 is 9.88 Å². The largest absolute Gasteiger partial charge is 0.306 e. The molecule has 0 atom stereocenters. The van der Waals surface area contributed by atoms with Crippen molar-refractivity contribution >= 4 is 0 Å². The monoisotopic (exact) mass is 379 g/mol. The number of aromatic amines is 1. The molecule has 0 bridgehead atoms. The quantitative estimate of drug-likeness (QED) is 0.684. The molecule has 2 heterocycles. The van der Waals surface area contributed by atoms with E-state index in [1.807, 2.05) is 32.9 Å². The van der Waals surface area contributed by atoms with Gasteiger partial charge in [0.2, 0.25) is 0 Å². The van der Waals surface area contributed by atoms with E-state index >= 15 is 0 Å². The summed E-state index contributed by atoms with van der Waals surface area (Å²) in [6.07, 6.45) is 0.689. The summed E-state index contributed by atoms with van der Waals surface area (Å²) in [5.74, 6) is 0.631. The van der Waals surface area contributed by atoms with E-state index in [1.54, 1.807) is 0 Å². The molecule has 3 aromatic rings. The SMILES string of the molecule is CCc1c(C)nc(-c2cccc(CN(C)CCn3nc(C)cc3C)c2)[nH]c1=O. The minimum absolute atomic E-state index is 0.0441. The Hall–Kier alpha value is -2.73. The molecule has 3 rings (SSSR count). The summed E-state index contributed by atoms with van der Waals surface area (Å²) in [5.41, 5.74) is 5.88. The van der Waals surface area contributed by atoms with Gasteiger partial charge in [-0.3, -0.25) is 9.48 Å². The van der Waals surface area contributed by atoms with Crippen molar-refractivity contribution < 1.29 is 0 Å². The summed E-state index contributed by atoms with van der Waals surface area (Å²) in [4.78, 5) is 22.1. The molecular weight excluding hydrogens is 350 g/mol. The predicted molar refractivity (Wildman–Crippen MR) is 112 cm³/mol. The maximum Gasteiger partial charge on any atom is 0.254 e. The Kier molecular flexibility index (Phi) is 6.09. The van der Waals surface area contributed by atoms with Crippen molar-refractivity contribution in [3.63, 3.8) is 0 Å². The van der Waals surface area contributed by atoms with Crippen LogP contribution in [0.2, 0.25) is 0 Å². The Morgan fingerprint density at radius 2 is 1.96 bits per heavy atom. The molecule has 0 aliphatic carbocycles. The van der Waals surface area contributed by atoms with Crippen LogP contribution in [0.4, 0.5) is 0 Å². The number of aryl methyl sites for hydroxylation is 3. The van der Waals surface area contributed by atoms with Crippen LogP contribution in [0.1, 0.15) is 35.1 Å². The zero-order valence-electron chi connectivity index (χ0n) is 17.4. The molecule has 2 aromatic heterocycles. The van der Waals surface area contributed by atoms with E-state index in [9.17, 15) is 4.79 Å². The lowest BCUT2D eigenvalue weighted by molar-refractivity contribution is 0.304. The van der Waals surface area contributed by atoms with Crippen molar-refractivity contribution in [1.29, 1.82) is 0 Å². The van der Waals surface area contributed by atoms with Crippen LogP contribution in [-0.2, 0) is 19.5 Å². The van der Waals surface area contributed by atoms with Gasteiger partial charge in [-0.05, 0) is 51.9 Å². The fourth-order valence-electron chi connectivity index (χ4n) is 3.54. The third-order valence-corrected chi connectivity index (χ3v) is 5.03. The molecule has 0 aliphatic heterocycles. The molecule has 1 aromatic carbocycles. The van der Waals surface area contributed by atoms with Crippen LogP contribution in [-0.4, -0.2) is 38.2 Å². The Balaban J connectivity index is 1.71. The molecule has 0 saturated heterocycles. The van der Waals surface area contributed by atoms with Crippen LogP contribution >= 0.6 is 0 Å². The summed E-state index contributed by atoms with van der Waals surface area (Å²) in [5, 5.41) is 4.52. The molecular formula is C22H29N5O. The lowest BCUT2D eigenvalue weighted by Crippen LogP contribution is -2.23. The van der Waals surface area contributed by atoms with Gasteiger partial charge in [-0.1, -0.05) is 25.1 Å². The normalized spacial score (nSPS) is 11.4. The van der Waals surface area contributed by atoms with Crippen LogP contribution in [0.25, 0.3) is 11.4 Å². The van der Waals surface area contributed by atoms with Gasteiger partial charge in [0.15, 0.2) is 0 Å². The highest BCUT2D eigenvalue weighted by atomic mass is 16.1. The number of likely N-dealkylation sites (N-methyl/N-ethyl adjacent to an activating group) is 1. The number of aromatic nitrogens is 4. The van der Waals surface area contributed by atoms with E-state index < -0.39 is 0 Å². The first kappa shape index (κ1) is 20.0. The standard InChI is InChI=1S/C22H29N5O/c1-6-20-17(4)23-21(24-22(20)28)19-9-7-8-18(13-19)14-26(5)10-11-27-16(3)12-15(2)25-27/h7-9,12-13H,6,10-11,14H2,1-5H3,(H,23,24,28). The first-order valence-electron chi connectivity index (χ1n) is 9.76. The molecule has 1 N–H and O–H groups in total. The van der Waals surface area contributed by atoms with Gasteiger partial charge in [-0.25, -0.2) is 4.98 Å². The van der Waals surface area contributed by atoms with Gasteiger partial charge >= 0.3 is 0 Å². The summed E-state index contributed by atoms with van der Waals surface area (Å²) >= 11 is 0. The number of nitrogens with one attached hydrogen (secondary N) is 1. The van der Waals surface area contributed by atoms with E-state index in [4.69, 9.17) is 0 Å². The molecule has 6 nitrogen and oxygen atoms in total. The minimum atomic E-state index is -0.0441. The Morgan fingerprint density at radius 3 is 2.61 bits per heavy atom. The predicted octanol–water partition coefficient (Wildman–Crippen LogP) is 3.25. The minimum Gasteiger partial charge on any atom is -0.306 e. The fraction of sp³-hybridized carbons (Fsp3) is 0.409. The molecule has 0 aliphatic rings. The first-order valence-corrected chi connectivity index (χ1v) is 9.76. The van der Waals surface area contributed by atoms with Crippen LogP contribution in [0.15, 0.2) is 35.1 Å². The molecule has 0 fully saturated rings. The maximum atomic E-state index is 12.3. The van der Waals surface area contributed by atoms with E-state index in [0.717, 1.165) is 42.1 Å². The molecule has 0 amide bonds. The number of benzene rings is 1. The van der Waals surface area contributed by atoms with Crippen molar-refractivity contribution in [2.45, 2.75) is 47.2 Å². The molecule has 0 saturated carbocycles. The zero-order chi connectivity index (χ0) is 20.3. The van der Waals surface area contributed by atoms with Crippen molar-refractivity contribution in [2.24, 2.45) is 0 Å². The smallest absolute Gasteiger partial charge is 0.254 e. The third-order valence-electron chi connectivity index (χ3n) is 5.03. The topological polar surface area (TPSA) is 66.8 Å². The molecule has 28 heavy (non-hydrogen) atoms. The molecule has 0 unspecified atom stereocenters. The lowest BCUT2D eigenvalue weighted by atomic mass is 10.1. The second-order valence-electron chi connectivity index (χ2n) is 7.42. The van der Waals surface area contributed by atoms with Gasteiger partial charge in [0.25, 0.3) is 5.56 Å². The average molecular weight is 380 g/mol. The van der Waals surface area contributed by atoms with Crippen LogP contribution in [0.5, 0.6) is 0 Å². The van der Waals surface area contributed by atoms with E-state index in [1.165, 1.54) is 11.3 Å². The van der Waals surface area contributed by atoms with E-state index in [0.29, 0.717) is 12.2 Å². The zero-order valence-corrected chi connectivity index (χ0v) is 17.4. The second-order valence-corrected chi connectivity index (χ2v) is 7.42. The summed E-state index contributed by atoms with van der Waals surface area (Å²) in [6, 6.07) is 10.3. The van der Waals surface area contributed by atoms with E-state index in [-0.39, 0.29) is 5.56 Å².